The van der Waals surface area contributed by atoms with E-state index in [0.717, 1.165) is 16.7 Å². The first-order valence-corrected chi connectivity index (χ1v) is 9.66. The number of carbonyl (C=O) groups excluding carboxylic acids is 2. The fourth-order valence-electron chi connectivity index (χ4n) is 2.69. The molecule has 1 aliphatic rings. The van der Waals surface area contributed by atoms with Crippen molar-refractivity contribution < 1.29 is 29.0 Å². The van der Waals surface area contributed by atoms with Crippen LogP contribution in [0.5, 0.6) is 11.5 Å². The van der Waals surface area contributed by atoms with Gasteiger partial charge in [-0.1, -0.05) is 19.1 Å². The van der Waals surface area contributed by atoms with E-state index < -0.39 is 18.0 Å². The summed E-state index contributed by atoms with van der Waals surface area (Å²) >= 11 is 0.862. The molecule has 1 fully saturated rings. The van der Waals surface area contributed by atoms with E-state index >= 15 is 0 Å². The normalized spacial score (nSPS) is 16.2. The Hall–Kier alpha value is -3.26. The molecule has 2 amide bonds. The third kappa shape index (κ3) is 4.60. The molecule has 1 atom stereocenters. The van der Waals surface area contributed by atoms with E-state index in [1.807, 2.05) is 0 Å². The number of ether oxygens (including phenoxy) is 2. The molecule has 1 saturated heterocycles. The number of carbonyl (C=O) groups is 3. The molecule has 3 rings (SSSR count). The van der Waals surface area contributed by atoms with Crippen molar-refractivity contribution in [2.24, 2.45) is 0 Å². The fourth-order valence-corrected chi connectivity index (χ4v) is 3.53. The molecule has 2 aromatic rings. The molecule has 0 spiro atoms. The molecule has 2 aromatic carbocycles. The number of hydrogen-bond acceptors (Lipinski definition) is 6. The predicted molar refractivity (Wildman–Crippen MR) is 110 cm³/mol. The third-order valence-electron chi connectivity index (χ3n) is 4.23. The Labute approximate surface area is 171 Å². The number of amides is 2. The number of benzene rings is 2. The van der Waals surface area contributed by atoms with Crippen molar-refractivity contribution in [2.45, 2.75) is 19.4 Å². The molecule has 0 radical (unpaired) electrons. The zero-order chi connectivity index (χ0) is 21.0. The van der Waals surface area contributed by atoms with Gasteiger partial charge in [-0.2, -0.15) is 0 Å². The molecule has 29 heavy (non-hydrogen) atoms. The number of nitrogens with zero attached hydrogens (tertiary/aromatic N) is 1. The van der Waals surface area contributed by atoms with E-state index in [9.17, 15) is 14.4 Å². The van der Waals surface area contributed by atoms with Crippen LogP contribution < -0.4 is 14.4 Å². The van der Waals surface area contributed by atoms with E-state index in [1.54, 1.807) is 61.5 Å². The summed E-state index contributed by atoms with van der Waals surface area (Å²) in [6.07, 6.45) is 1.05. The summed E-state index contributed by atoms with van der Waals surface area (Å²) in [7, 11) is 1.54. The predicted octanol–water partition coefficient (Wildman–Crippen LogP) is 4.18. The number of rotatable bonds is 7. The molecule has 1 unspecified atom stereocenters. The lowest BCUT2D eigenvalue weighted by atomic mass is 10.2. The van der Waals surface area contributed by atoms with Gasteiger partial charge >= 0.3 is 5.97 Å². The summed E-state index contributed by atoms with van der Waals surface area (Å²) in [5, 5.41) is 8.69. The van der Waals surface area contributed by atoms with Crippen LogP contribution in [0.4, 0.5) is 10.5 Å². The molecule has 0 saturated carbocycles. The SMILES string of the molecule is CCC(Oc1ccc(/C=C2/SC(=O)N(c3ccc(OC)cc3)C2=O)cc1)C(=O)O. The topological polar surface area (TPSA) is 93.1 Å². The summed E-state index contributed by atoms with van der Waals surface area (Å²) < 4.78 is 10.5. The van der Waals surface area contributed by atoms with Crippen molar-refractivity contribution in [3.63, 3.8) is 0 Å². The maximum atomic E-state index is 12.7. The summed E-state index contributed by atoms with van der Waals surface area (Å²) in [5.41, 5.74) is 1.17. The quantitative estimate of drug-likeness (QED) is 0.681. The standard InChI is InChI=1S/C21H19NO6S/c1-3-17(20(24)25)28-16-8-4-13(5-9-16)12-18-19(23)22(21(26)29-18)14-6-10-15(27-2)11-7-14/h4-12,17H,3H2,1-2H3,(H,24,25)/b18-12+. The molecule has 1 heterocycles. The Morgan fingerprint density at radius 3 is 2.28 bits per heavy atom. The number of carboxylic acid groups (broad SMARTS) is 1. The van der Waals surface area contributed by atoms with Crippen molar-refractivity contribution in [3.05, 3.63) is 59.0 Å². The number of imide groups is 1. The largest absolute Gasteiger partial charge is 0.497 e. The number of carboxylic acids is 1. The van der Waals surface area contributed by atoms with Gasteiger partial charge in [0.15, 0.2) is 6.10 Å². The van der Waals surface area contributed by atoms with Gasteiger partial charge in [-0.3, -0.25) is 9.59 Å². The molecule has 0 aromatic heterocycles. The molecule has 8 heteroatoms. The second-order valence-electron chi connectivity index (χ2n) is 6.14. The average molecular weight is 413 g/mol. The molecule has 1 aliphatic heterocycles. The number of methoxy groups -OCH3 is 1. The summed E-state index contributed by atoms with van der Waals surface area (Å²) in [5.74, 6) is -0.374. The van der Waals surface area contributed by atoms with E-state index in [1.165, 1.54) is 7.11 Å². The molecule has 150 valence electrons. The minimum absolute atomic E-state index is 0.302. The van der Waals surface area contributed by atoms with Gasteiger partial charge in [0.2, 0.25) is 0 Å². The van der Waals surface area contributed by atoms with Gasteiger partial charge in [-0.15, -0.1) is 0 Å². The van der Waals surface area contributed by atoms with Gasteiger partial charge in [0.05, 0.1) is 17.7 Å². The number of aliphatic carboxylic acids is 1. The lowest BCUT2D eigenvalue weighted by molar-refractivity contribution is -0.145. The van der Waals surface area contributed by atoms with Crippen molar-refractivity contribution in [2.75, 3.05) is 12.0 Å². The van der Waals surface area contributed by atoms with Crippen molar-refractivity contribution in [3.8, 4) is 11.5 Å². The van der Waals surface area contributed by atoms with Crippen LogP contribution in [0.2, 0.25) is 0 Å². The number of anilines is 1. The molecule has 7 nitrogen and oxygen atoms in total. The first kappa shape index (κ1) is 20.5. The molecule has 1 N–H and O–H groups in total. The first-order chi connectivity index (χ1) is 13.9. The second kappa shape index (κ2) is 8.83. The van der Waals surface area contributed by atoms with Crippen molar-refractivity contribution in [1.82, 2.24) is 0 Å². The van der Waals surface area contributed by atoms with Crippen LogP contribution in [0.25, 0.3) is 6.08 Å². The number of hydrogen-bond donors (Lipinski definition) is 1. The second-order valence-corrected chi connectivity index (χ2v) is 7.13. The highest BCUT2D eigenvalue weighted by Crippen LogP contribution is 2.36. The maximum absolute atomic E-state index is 12.7. The van der Waals surface area contributed by atoms with Gasteiger partial charge in [-0.25, -0.2) is 9.69 Å². The highest BCUT2D eigenvalue weighted by atomic mass is 32.2. The highest BCUT2D eigenvalue weighted by molar-refractivity contribution is 8.19. The maximum Gasteiger partial charge on any atom is 0.344 e. The minimum atomic E-state index is -1.02. The van der Waals surface area contributed by atoms with Crippen LogP contribution in [-0.2, 0) is 9.59 Å². The van der Waals surface area contributed by atoms with Crippen LogP contribution in [0.3, 0.4) is 0 Å². The van der Waals surface area contributed by atoms with Crippen LogP contribution in [-0.4, -0.2) is 35.4 Å². The third-order valence-corrected chi connectivity index (χ3v) is 5.10. The van der Waals surface area contributed by atoms with Gasteiger partial charge in [-0.05, 0) is 66.2 Å². The number of thioether (sulfide) groups is 1. The van der Waals surface area contributed by atoms with Gasteiger partial charge in [0.25, 0.3) is 11.1 Å². The Morgan fingerprint density at radius 2 is 1.72 bits per heavy atom. The van der Waals surface area contributed by atoms with E-state index in [-0.39, 0.29) is 5.24 Å². The summed E-state index contributed by atoms with van der Waals surface area (Å²) in [4.78, 5) is 37.5. The monoisotopic (exact) mass is 413 g/mol. The zero-order valence-electron chi connectivity index (χ0n) is 15.8. The van der Waals surface area contributed by atoms with Crippen molar-refractivity contribution >= 4 is 40.6 Å². The van der Waals surface area contributed by atoms with Gasteiger partial charge < -0.3 is 14.6 Å². The lowest BCUT2D eigenvalue weighted by Gasteiger charge is -2.13. The van der Waals surface area contributed by atoms with E-state index in [0.29, 0.717) is 34.1 Å². The molecular weight excluding hydrogens is 394 g/mol. The van der Waals surface area contributed by atoms with Gasteiger partial charge in [0, 0.05) is 0 Å². The zero-order valence-corrected chi connectivity index (χ0v) is 16.6. The van der Waals surface area contributed by atoms with E-state index in [2.05, 4.69) is 0 Å². The van der Waals surface area contributed by atoms with E-state index in [4.69, 9.17) is 14.6 Å². The Morgan fingerprint density at radius 1 is 1.10 bits per heavy atom. The lowest BCUT2D eigenvalue weighted by Crippen LogP contribution is -2.27. The Bertz CT molecular complexity index is 952. The molecular formula is C21H19NO6S. The average Bonchev–Trinajstić information content (AvgIpc) is 3.00. The van der Waals surface area contributed by atoms with Crippen LogP contribution in [0.15, 0.2) is 53.4 Å². The fraction of sp³-hybridized carbons (Fsp3) is 0.190. The smallest absolute Gasteiger partial charge is 0.344 e. The van der Waals surface area contributed by atoms with Gasteiger partial charge in [0.1, 0.15) is 11.5 Å². The van der Waals surface area contributed by atoms with Crippen LogP contribution in [0, 0.1) is 0 Å². The Kier molecular flexibility index (Phi) is 6.23. The Balaban J connectivity index is 1.75. The summed E-state index contributed by atoms with van der Waals surface area (Å²) in [6, 6.07) is 13.3. The molecule has 0 bridgehead atoms. The molecule has 0 aliphatic carbocycles. The van der Waals surface area contributed by atoms with Crippen LogP contribution >= 0.6 is 11.8 Å². The first-order valence-electron chi connectivity index (χ1n) is 8.84. The minimum Gasteiger partial charge on any atom is -0.497 e. The van der Waals surface area contributed by atoms with Crippen LogP contribution in [0.1, 0.15) is 18.9 Å². The highest BCUT2D eigenvalue weighted by Gasteiger charge is 2.36. The summed E-state index contributed by atoms with van der Waals surface area (Å²) in [6.45, 7) is 1.73. The van der Waals surface area contributed by atoms with Crippen molar-refractivity contribution in [1.29, 1.82) is 0 Å².